The van der Waals surface area contributed by atoms with Gasteiger partial charge in [-0.15, -0.1) is 0 Å². The molecule has 1 N–H and O–H groups in total. The summed E-state index contributed by atoms with van der Waals surface area (Å²) in [6.07, 6.45) is 47.3. The second kappa shape index (κ2) is 36.6. The van der Waals surface area contributed by atoms with Crippen molar-refractivity contribution in [2.75, 3.05) is 0 Å². The zero-order valence-electron chi connectivity index (χ0n) is 29.9. The van der Waals surface area contributed by atoms with Gasteiger partial charge in [-0.3, -0.25) is 9.59 Å². The number of carbonyl (C=O) groups excluding carboxylic acids is 1. The van der Waals surface area contributed by atoms with Crippen LogP contribution in [-0.4, -0.2) is 23.1 Å². The lowest BCUT2D eigenvalue weighted by Gasteiger charge is -2.18. The van der Waals surface area contributed by atoms with Gasteiger partial charge in [0, 0.05) is 12.8 Å². The molecule has 0 aromatic carbocycles. The molecule has 0 rings (SSSR count). The molecule has 0 aromatic heterocycles. The Balaban J connectivity index is 3.82. The predicted octanol–water partition coefficient (Wildman–Crippen LogP) is 13.4. The minimum atomic E-state index is -0.746. The largest absolute Gasteiger partial charge is 0.481 e. The van der Waals surface area contributed by atoms with E-state index in [2.05, 4.69) is 50.3 Å². The van der Waals surface area contributed by atoms with Crippen molar-refractivity contribution in [2.45, 2.75) is 213 Å². The van der Waals surface area contributed by atoms with Crippen LogP contribution in [0.4, 0.5) is 0 Å². The Labute approximate surface area is 279 Å². The van der Waals surface area contributed by atoms with Crippen LogP contribution in [0.3, 0.4) is 0 Å². The van der Waals surface area contributed by atoms with Gasteiger partial charge in [0.25, 0.3) is 0 Å². The summed E-state index contributed by atoms with van der Waals surface area (Å²) >= 11 is 0. The molecule has 0 spiro atoms. The maximum Gasteiger partial charge on any atom is 0.306 e. The Bertz CT molecular complexity index is 723. The van der Waals surface area contributed by atoms with Gasteiger partial charge >= 0.3 is 11.9 Å². The average Bonchev–Trinajstić information content (AvgIpc) is 3.02. The Morgan fingerprint density at radius 3 is 1.42 bits per heavy atom. The Hall–Kier alpha value is -1.84. The van der Waals surface area contributed by atoms with E-state index in [9.17, 15) is 9.59 Å². The highest BCUT2D eigenvalue weighted by Gasteiger charge is 2.14. The molecule has 1 unspecified atom stereocenters. The molecule has 0 saturated heterocycles. The second-order valence-electron chi connectivity index (χ2n) is 13.1. The van der Waals surface area contributed by atoms with E-state index in [1.807, 2.05) is 0 Å². The lowest BCUT2D eigenvalue weighted by atomic mass is 10.0. The SMILES string of the molecule is CCCCC/C=C\C/C=C\CCCC/C=C\CCCCCCCC(=O)OC(CCCCCCCCCCC)CCCCC(=O)O. The third-order valence-electron chi connectivity index (χ3n) is 8.58. The highest BCUT2D eigenvalue weighted by Crippen LogP contribution is 2.18. The summed E-state index contributed by atoms with van der Waals surface area (Å²) in [5.41, 5.74) is 0. The maximum absolute atomic E-state index is 12.5. The van der Waals surface area contributed by atoms with Crippen molar-refractivity contribution in [1.82, 2.24) is 0 Å². The Morgan fingerprint density at radius 1 is 0.489 bits per heavy atom. The minimum Gasteiger partial charge on any atom is -0.481 e. The first-order valence-corrected chi connectivity index (χ1v) is 19.5. The average molecular weight is 631 g/mol. The molecule has 0 radical (unpaired) electrons. The fraction of sp³-hybridized carbons (Fsp3) is 0.805. The number of rotatable bonds is 35. The molecule has 0 heterocycles. The monoisotopic (exact) mass is 631 g/mol. The summed E-state index contributed by atoms with van der Waals surface area (Å²) in [6.45, 7) is 4.51. The molecule has 262 valence electrons. The van der Waals surface area contributed by atoms with Gasteiger partial charge in [-0.2, -0.15) is 0 Å². The summed E-state index contributed by atoms with van der Waals surface area (Å²) in [5.74, 6) is -0.813. The molecule has 0 aliphatic rings. The van der Waals surface area contributed by atoms with E-state index in [1.54, 1.807) is 0 Å². The quantitative estimate of drug-likeness (QED) is 0.0430. The van der Waals surface area contributed by atoms with Crippen LogP contribution in [0, 0.1) is 0 Å². The van der Waals surface area contributed by atoms with E-state index in [0.29, 0.717) is 12.8 Å². The zero-order chi connectivity index (χ0) is 32.9. The van der Waals surface area contributed by atoms with Gasteiger partial charge in [-0.05, 0) is 96.3 Å². The van der Waals surface area contributed by atoms with Gasteiger partial charge in [0.1, 0.15) is 6.10 Å². The fourth-order valence-corrected chi connectivity index (χ4v) is 5.68. The van der Waals surface area contributed by atoms with Crippen LogP contribution in [0.5, 0.6) is 0 Å². The number of carboxylic acids is 1. The van der Waals surface area contributed by atoms with Gasteiger partial charge in [0.05, 0.1) is 0 Å². The standard InChI is InChI=1S/C41H74O4/c1-3-5-7-9-11-13-14-15-16-17-18-19-20-21-22-23-24-26-28-30-32-38-41(44)45-39(36-33-34-37-40(42)43)35-31-29-27-25-12-10-8-6-4-2/h11,13,15-16,21-22,39H,3-10,12,14,17-20,23-38H2,1-2H3,(H,42,43)/b13-11-,16-15-,22-21-. The van der Waals surface area contributed by atoms with Crippen molar-refractivity contribution in [2.24, 2.45) is 0 Å². The number of hydrogen-bond donors (Lipinski definition) is 1. The number of unbranched alkanes of at least 4 members (excludes halogenated alkanes) is 20. The van der Waals surface area contributed by atoms with E-state index in [1.165, 1.54) is 122 Å². The molecular formula is C41H74O4. The maximum atomic E-state index is 12.5. The Morgan fingerprint density at radius 2 is 0.867 bits per heavy atom. The summed E-state index contributed by atoms with van der Waals surface area (Å²) in [4.78, 5) is 23.4. The van der Waals surface area contributed by atoms with Gasteiger partial charge in [-0.25, -0.2) is 0 Å². The smallest absolute Gasteiger partial charge is 0.306 e. The molecule has 0 aliphatic carbocycles. The lowest BCUT2D eigenvalue weighted by molar-refractivity contribution is -0.150. The molecule has 0 aliphatic heterocycles. The number of ether oxygens (including phenoxy) is 1. The van der Waals surface area contributed by atoms with Crippen LogP contribution in [0.1, 0.15) is 206 Å². The molecule has 0 bridgehead atoms. The first kappa shape index (κ1) is 43.2. The highest BCUT2D eigenvalue weighted by molar-refractivity contribution is 5.69. The fourth-order valence-electron chi connectivity index (χ4n) is 5.68. The first-order chi connectivity index (χ1) is 22.1. The van der Waals surface area contributed by atoms with Crippen LogP contribution in [0.15, 0.2) is 36.5 Å². The van der Waals surface area contributed by atoms with Crippen LogP contribution in [0.25, 0.3) is 0 Å². The van der Waals surface area contributed by atoms with Crippen molar-refractivity contribution in [3.05, 3.63) is 36.5 Å². The number of allylic oxidation sites excluding steroid dienone is 6. The topological polar surface area (TPSA) is 63.6 Å². The first-order valence-electron chi connectivity index (χ1n) is 19.5. The summed E-state index contributed by atoms with van der Waals surface area (Å²) in [6, 6.07) is 0. The molecule has 0 fully saturated rings. The molecule has 1 atom stereocenters. The van der Waals surface area contributed by atoms with Crippen molar-refractivity contribution in [3.63, 3.8) is 0 Å². The number of carbonyl (C=O) groups is 2. The summed E-state index contributed by atoms with van der Waals surface area (Å²) in [7, 11) is 0. The predicted molar refractivity (Wildman–Crippen MR) is 195 cm³/mol. The van der Waals surface area contributed by atoms with Crippen LogP contribution in [-0.2, 0) is 14.3 Å². The van der Waals surface area contributed by atoms with Crippen molar-refractivity contribution >= 4 is 11.9 Å². The van der Waals surface area contributed by atoms with Crippen LogP contribution < -0.4 is 0 Å². The minimum absolute atomic E-state index is 0.0496. The van der Waals surface area contributed by atoms with E-state index in [-0.39, 0.29) is 18.5 Å². The molecule has 45 heavy (non-hydrogen) atoms. The van der Waals surface area contributed by atoms with Crippen molar-refractivity contribution in [3.8, 4) is 0 Å². The normalized spacial score (nSPS) is 12.6. The van der Waals surface area contributed by atoms with Crippen molar-refractivity contribution in [1.29, 1.82) is 0 Å². The zero-order valence-corrected chi connectivity index (χ0v) is 29.9. The number of esters is 1. The van der Waals surface area contributed by atoms with E-state index in [0.717, 1.165) is 51.4 Å². The lowest BCUT2D eigenvalue weighted by Crippen LogP contribution is -2.18. The molecule has 0 saturated carbocycles. The van der Waals surface area contributed by atoms with Crippen molar-refractivity contribution < 1.29 is 19.4 Å². The number of carboxylic acid groups (broad SMARTS) is 1. The molecular weight excluding hydrogens is 556 g/mol. The molecule has 0 aromatic rings. The van der Waals surface area contributed by atoms with Crippen LogP contribution in [0.2, 0.25) is 0 Å². The summed E-state index contributed by atoms with van der Waals surface area (Å²) in [5, 5.41) is 8.92. The van der Waals surface area contributed by atoms with E-state index < -0.39 is 5.97 Å². The number of hydrogen-bond acceptors (Lipinski definition) is 3. The third kappa shape index (κ3) is 36.5. The van der Waals surface area contributed by atoms with Crippen LogP contribution >= 0.6 is 0 Å². The van der Waals surface area contributed by atoms with Gasteiger partial charge < -0.3 is 9.84 Å². The Kier molecular flexibility index (Phi) is 35.1. The van der Waals surface area contributed by atoms with Gasteiger partial charge in [0.2, 0.25) is 0 Å². The van der Waals surface area contributed by atoms with E-state index in [4.69, 9.17) is 9.84 Å². The third-order valence-corrected chi connectivity index (χ3v) is 8.58. The second-order valence-corrected chi connectivity index (χ2v) is 13.1. The molecule has 4 nitrogen and oxygen atoms in total. The molecule has 0 amide bonds. The molecule has 4 heteroatoms. The van der Waals surface area contributed by atoms with E-state index >= 15 is 0 Å². The van der Waals surface area contributed by atoms with Gasteiger partial charge in [-0.1, -0.05) is 134 Å². The highest BCUT2D eigenvalue weighted by atomic mass is 16.5. The number of aliphatic carboxylic acids is 1. The summed E-state index contributed by atoms with van der Waals surface area (Å²) < 4.78 is 5.87. The van der Waals surface area contributed by atoms with Gasteiger partial charge in [0.15, 0.2) is 0 Å².